The van der Waals surface area contributed by atoms with Gasteiger partial charge in [0.15, 0.2) is 0 Å². The molecule has 0 radical (unpaired) electrons. The van der Waals surface area contributed by atoms with Gasteiger partial charge in [-0.1, -0.05) is 117 Å². The normalized spacial score (nSPS) is 14.7. The lowest BCUT2D eigenvalue weighted by molar-refractivity contribution is -0.131. The number of aliphatic hydroxyl groups excluding tert-OH is 2. The first-order valence-electron chi connectivity index (χ1n) is 13.3. The third kappa shape index (κ3) is 20.4. The van der Waals surface area contributed by atoms with Gasteiger partial charge in [0.2, 0.25) is 5.91 Å². The summed E-state index contributed by atoms with van der Waals surface area (Å²) in [4.78, 5) is 12.3. The highest BCUT2D eigenvalue weighted by Crippen LogP contribution is 2.14. The molecule has 3 unspecified atom stereocenters. The first-order valence-corrected chi connectivity index (χ1v) is 14.9. The topological polar surface area (TPSA) is 124 Å². The summed E-state index contributed by atoms with van der Waals surface area (Å²) in [5.41, 5.74) is 0. The van der Waals surface area contributed by atoms with Crippen LogP contribution in [0.5, 0.6) is 0 Å². The average molecular weight is 494 g/mol. The summed E-state index contributed by atoms with van der Waals surface area (Å²) < 4.78 is 32.0. The Balaban J connectivity index is 4.29. The fourth-order valence-electron chi connectivity index (χ4n) is 4.05. The van der Waals surface area contributed by atoms with Crippen molar-refractivity contribution in [1.82, 2.24) is 5.32 Å². The fraction of sp³-hybridized carbons (Fsp3) is 0.960. The van der Waals surface area contributed by atoms with Gasteiger partial charge in [0.1, 0.15) is 6.10 Å². The van der Waals surface area contributed by atoms with E-state index in [-0.39, 0.29) is 0 Å². The largest absolute Gasteiger partial charge is 0.391 e. The van der Waals surface area contributed by atoms with Crippen LogP contribution >= 0.6 is 0 Å². The van der Waals surface area contributed by atoms with Crippen LogP contribution in [0.15, 0.2) is 0 Å². The molecule has 33 heavy (non-hydrogen) atoms. The average Bonchev–Trinajstić information content (AvgIpc) is 2.75. The van der Waals surface area contributed by atoms with Crippen molar-refractivity contribution >= 4 is 16.0 Å². The molecule has 0 fully saturated rings. The van der Waals surface area contributed by atoms with E-state index in [0.717, 1.165) is 38.5 Å². The third-order valence-corrected chi connectivity index (χ3v) is 6.95. The van der Waals surface area contributed by atoms with Crippen molar-refractivity contribution < 1.29 is 28.0 Å². The van der Waals surface area contributed by atoms with Gasteiger partial charge in [0.05, 0.1) is 17.9 Å². The van der Waals surface area contributed by atoms with E-state index in [9.17, 15) is 28.0 Å². The molecule has 0 heterocycles. The van der Waals surface area contributed by atoms with Gasteiger partial charge in [-0.25, -0.2) is 0 Å². The van der Waals surface area contributed by atoms with Crippen molar-refractivity contribution in [3.8, 4) is 0 Å². The van der Waals surface area contributed by atoms with Gasteiger partial charge in [-0.3, -0.25) is 9.35 Å². The van der Waals surface area contributed by atoms with Crippen molar-refractivity contribution in [3.63, 3.8) is 0 Å². The second-order valence-corrected chi connectivity index (χ2v) is 11.0. The Morgan fingerprint density at radius 1 is 0.697 bits per heavy atom. The van der Waals surface area contributed by atoms with Crippen molar-refractivity contribution in [2.45, 2.75) is 148 Å². The second kappa shape index (κ2) is 20.7. The minimum absolute atomic E-state index is 0.299. The van der Waals surface area contributed by atoms with Crippen molar-refractivity contribution in [2.75, 3.05) is 5.75 Å². The third-order valence-electron chi connectivity index (χ3n) is 6.17. The van der Waals surface area contributed by atoms with Gasteiger partial charge < -0.3 is 15.5 Å². The SMILES string of the molecule is CCCCCCCCCCC(O)C(=O)NC(CS(=O)(=O)O)C(O)CCCCCCCCCC. The number of hydrogen-bond acceptors (Lipinski definition) is 5. The molecule has 3 atom stereocenters. The zero-order valence-electron chi connectivity index (χ0n) is 21.1. The number of aliphatic hydroxyl groups is 2. The minimum atomic E-state index is -4.38. The highest BCUT2D eigenvalue weighted by molar-refractivity contribution is 7.85. The van der Waals surface area contributed by atoms with E-state index in [1.165, 1.54) is 51.4 Å². The van der Waals surface area contributed by atoms with Gasteiger partial charge in [-0.05, 0) is 12.8 Å². The summed E-state index contributed by atoms with van der Waals surface area (Å²) in [7, 11) is -4.38. The number of unbranched alkanes of at least 4 members (excludes halogenated alkanes) is 14. The summed E-state index contributed by atoms with van der Waals surface area (Å²) in [6.07, 6.45) is 15.9. The zero-order valence-corrected chi connectivity index (χ0v) is 22.0. The van der Waals surface area contributed by atoms with Gasteiger partial charge in [-0.15, -0.1) is 0 Å². The molecule has 0 saturated heterocycles. The Bertz CT molecular complexity index is 569. The maximum atomic E-state index is 12.3. The zero-order chi connectivity index (χ0) is 25.0. The molecule has 0 aliphatic heterocycles. The molecule has 8 heteroatoms. The maximum absolute atomic E-state index is 12.3. The van der Waals surface area contributed by atoms with Crippen LogP contribution in [0.2, 0.25) is 0 Å². The quantitative estimate of drug-likeness (QED) is 0.115. The van der Waals surface area contributed by atoms with E-state index < -0.39 is 40.0 Å². The van der Waals surface area contributed by atoms with Crippen LogP contribution < -0.4 is 5.32 Å². The van der Waals surface area contributed by atoms with Crippen molar-refractivity contribution in [2.24, 2.45) is 0 Å². The van der Waals surface area contributed by atoms with Crippen LogP contribution in [-0.2, 0) is 14.9 Å². The van der Waals surface area contributed by atoms with E-state index in [1.807, 2.05) is 0 Å². The van der Waals surface area contributed by atoms with Crippen LogP contribution in [0.3, 0.4) is 0 Å². The molecule has 0 aromatic carbocycles. The molecule has 0 spiro atoms. The Morgan fingerprint density at radius 3 is 1.52 bits per heavy atom. The summed E-state index contributed by atoms with van der Waals surface area (Å²) in [6.45, 7) is 4.36. The van der Waals surface area contributed by atoms with Crippen LogP contribution in [0, 0.1) is 0 Å². The predicted octanol–water partition coefficient (Wildman–Crippen LogP) is 5.14. The van der Waals surface area contributed by atoms with E-state index in [4.69, 9.17) is 0 Å². The molecular weight excluding hydrogens is 442 g/mol. The van der Waals surface area contributed by atoms with Gasteiger partial charge >= 0.3 is 0 Å². The molecule has 0 aromatic heterocycles. The van der Waals surface area contributed by atoms with E-state index >= 15 is 0 Å². The Hall–Kier alpha value is -0.700. The molecule has 4 N–H and O–H groups in total. The van der Waals surface area contributed by atoms with Gasteiger partial charge in [0.25, 0.3) is 10.1 Å². The van der Waals surface area contributed by atoms with Crippen LogP contribution in [0.1, 0.15) is 129 Å². The minimum Gasteiger partial charge on any atom is -0.391 e. The molecule has 7 nitrogen and oxygen atoms in total. The van der Waals surface area contributed by atoms with E-state index in [2.05, 4.69) is 19.2 Å². The predicted molar refractivity (Wildman–Crippen MR) is 135 cm³/mol. The molecule has 0 saturated carbocycles. The highest BCUT2D eigenvalue weighted by Gasteiger charge is 2.28. The van der Waals surface area contributed by atoms with Gasteiger partial charge in [0, 0.05) is 0 Å². The number of amides is 1. The number of hydrogen-bond donors (Lipinski definition) is 4. The number of nitrogens with one attached hydrogen (secondary N) is 1. The standard InChI is InChI=1S/C25H51NO6S/c1-3-5-7-9-11-13-15-17-19-23(27)22(21-33(30,31)32)26-25(29)24(28)20-18-16-14-12-10-8-6-4-2/h22-24,27-28H,3-21H2,1-2H3,(H,26,29)(H,30,31,32). The molecule has 1 amide bonds. The Morgan fingerprint density at radius 2 is 1.09 bits per heavy atom. The lowest BCUT2D eigenvalue weighted by Crippen LogP contribution is -2.50. The molecule has 0 aromatic rings. The Kier molecular flexibility index (Phi) is 20.2. The summed E-state index contributed by atoms with van der Waals surface area (Å²) in [5, 5.41) is 23.0. The summed E-state index contributed by atoms with van der Waals surface area (Å²) >= 11 is 0. The monoisotopic (exact) mass is 493 g/mol. The van der Waals surface area contributed by atoms with Crippen LogP contribution in [0.25, 0.3) is 0 Å². The molecule has 0 aliphatic carbocycles. The molecule has 0 aliphatic rings. The second-order valence-electron chi connectivity index (χ2n) is 9.47. The summed E-state index contributed by atoms with van der Waals surface area (Å²) in [6, 6.07) is -1.13. The number of carbonyl (C=O) groups excluding carboxylic acids is 1. The van der Waals surface area contributed by atoms with E-state index in [1.54, 1.807) is 0 Å². The van der Waals surface area contributed by atoms with E-state index in [0.29, 0.717) is 25.7 Å². The number of carbonyl (C=O) groups is 1. The smallest absolute Gasteiger partial charge is 0.266 e. The molecular formula is C25H51NO6S. The highest BCUT2D eigenvalue weighted by atomic mass is 32.2. The Labute approximate surface area is 202 Å². The maximum Gasteiger partial charge on any atom is 0.266 e. The van der Waals surface area contributed by atoms with Crippen LogP contribution in [0.4, 0.5) is 0 Å². The van der Waals surface area contributed by atoms with Crippen molar-refractivity contribution in [3.05, 3.63) is 0 Å². The first kappa shape index (κ1) is 32.3. The van der Waals surface area contributed by atoms with Crippen LogP contribution in [-0.4, -0.2) is 53.1 Å². The van der Waals surface area contributed by atoms with Gasteiger partial charge in [-0.2, -0.15) is 8.42 Å². The number of rotatable bonds is 23. The molecule has 198 valence electrons. The first-order chi connectivity index (χ1) is 15.7. The lowest BCUT2D eigenvalue weighted by Gasteiger charge is -2.24. The lowest BCUT2D eigenvalue weighted by atomic mass is 10.0. The molecule has 0 bridgehead atoms. The van der Waals surface area contributed by atoms with Crippen molar-refractivity contribution in [1.29, 1.82) is 0 Å². The summed E-state index contributed by atoms with van der Waals surface area (Å²) in [5.74, 6) is -1.46. The molecule has 0 rings (SSSR count). The fourth-order valence-corrected chi connectivity index (χ4v) is 4.81.